The molecule has 0 radical (unpaired) electrons. The molecule has 5 nitrogen and oxygen atoms in total. The Bertz CT molecular complexity index is 519. The van der Waals surface area contributed by atoms with Crippen LogP contribution in [0.15, 0.2) is 24.5 Å². The van der Waals surface area contributed by atoms with Gasteiger partial charge in [-0.05, 0) is 18.2 Å². The first kappa shape index (κ1) is 11.2. The van der Waals surface area contributed by atoms with E-state index in [1.54, 1.807) is 18.2 Å². The van der Waals surface area contributed by atoms with Crippen molar-refractivity contribution in [3.8, 4) is 0 Å². The fourth-order valence-corrected chi connectivity index (χ4v) is 1.67. The molecule has 5 heteroatoms. The van der Waals surface area contributed by atoms with Crippen LogP contribution in [-0.4, -0.2) is 26.1 Å². The van der Waals surface area contributed by atoms with Crippen LogP contribution in [0.5, 0.6) is 0 Å². The molecule has 1 amide bonds. The van der Waals surface area contributed by atoms with Gasteiger partial charge in [-0.3, -0.25) is 4.79 Å². The molecule has 0 aliphatic carbocycles. The Morgan fingerprint density at radius 2 is 2.12 bits per heavy atom. The van der Waals surface area contributed by atoms with Gasteiger partial charge in [0.2, 0.25) is 0 Å². The van der Waals surface area contributed by atoms with E-state index in [1.165, 1.54) is 20.5 Å². The molecule has 0 saturated carbocycles. The quantitative estimate of drug-likeness (QED) is 0.476. The van der Waals surface area contributed by atoms with Gasteiger partial charge in [0.25, 0.3) is 5.91 Å². The van der Waals surface area contributed by atoms with Crippen molar-refractivity contribution in [1.29, 1.82) is 0 Å². The second kappa shape index (κ2) is 4.29. The first-order valence-corrected chi connectivity index (χ1v) is 4.94. The van der Waals surface area contributed by atoms with Crippen LogP contribution < -0.4 is 5.32 Å². The predicted octanol–water partition coefficient (Wildman–Crippen LogP) is 1.41. The highest BCUT2D eigenvalue weighted by molar-refractivity contribution is 6.31. The highest BCUT2D eigenvalue weighted by atomic mass is 16.5. The van der Waals surface area contributed by atoms with Crippen molar-refractivity contribution in [3.63, 3.8) is 0 Å². The van der Waals surface area contributed by atoms with Crippen molar-refractivity contribution in [2.45, 2.75) is 0 Å². The van der Waals surface area contributed by atoms with E-state index in [1.807, 2.05) is 0 Å². The Kier molecular flexibility index (Phi) is 2.82. The fraction of sp³-hybridized carbons (Fsp3) is 0.167. The largest absolute Gasteiger partial charge is 0.504 e. The van der Waals surface area contributed by atoms with E-state index in [2.05, 4.69) is 10.1 Å². The molecular formula is C12H11NO4. The smallest absolute Gasteiger partial charge is 0.337 e. The van der Waals surface area contributed by atoms with E-state index in [4.69, 9.17) is 4.74 Å². The number of hydrogen-bond acceptors (Lipinski definition) is 4. The minimum Gasteiger partial charge on any atom is -0.504 e. The van der Waals surface area contributed by atoms with Gasteiger partial charge in [-0.2, -0.15) is 0 Å². The number of nitrogens with one attached hydrogen (secondary N) is 1. The number of carbonyl (C=O) groups excluding carboxylic acids is 2. The van der Waals surface area contributed by atoms with Crippen molar-refractivity contribution in [3.05, 3.63) is 35.6 Å². The van der Waals surface area contributed by atoms with Gasteiger partial charge in [0.05, 0.1) is 31.6 Å². The van der Waals surface area contributed by atoms with Gasteiger partial charge in [0.1, 0.15) is 0 Å². The number of carbonyl (C=O) groups is 2. The number of esters is 1. The standard InChI is InChI=1S/C12H11NO4/c1-16-6-9-8-5-7(12(15)17-2)3-4-10(8)13-11(9)14/h3-6H,1-2H3,(H,13,14). The fourth-order valence-electron chi connectivity index (χ4n) is 1.67. The zero-order valence-electron chi connectivity index (χ0n) is 9.44. The zero-order valence-corrected chi connectivity index (χ0v) is 9.44. The van der Waals surface area contributed by atoms with Crippen molar-refractivity contribution < 1.29 is 19.1 Å². The van der Waals surface area contributed by atoms with Crippen LogP contribution in [0, 0.1) is 0 Å². The highest BCUT2D eigenvalue weighted by Gasteiger charge is 2.25. The van der Waals surface area contributed by atoms with Crippen LogP contribution in [0.25, 0.3) is 5.57 Å². The van der Waals surface area contributed by atoms with Crippen LogP contribution in [0.3, 0.4) is 0 Å². The Hall–Kier alpha value is -2.30. The molecule has 0 unspecified atom stereocenters. The number of methoxy groups -OCH3 is 2. The number of ether oxygens (including phenoxy) is 2. The van der Waals surface area contributed by atoms with Gasteiger partial charge in [0, 0.05) is 11.3 Å². The first-order chi connectivity index (χ1) is 8.17. The summed E-state index contributed by atoms with van der Waals surface area (Å²) in [6, 6.07) is 4.86. The minimum atomic E-state index is -0.441. The highest BCUT2D eigenvalue weighted by Crippen LogP contribution is 2.32. The van der Waals surface area contributed by atoms with Gasteiger partial charge >= 0.3 is 5.97 Å². The van der Waals surface area contributed by atoms with Crippen molar-refractivity contribution in [2.75, 3.05) is 19.5 Å². The predicted molar refractivity (Wildman–Crippen MR) is 61.4 cm³/mol. The Balaban J connectivity index is 2.49. The summed E-state index contributed by atoms with van der Waals surface area (Å²) in [6.07, 6.45) is 1.35. The lowest BCUT2D eigenvalue weighted by atomic mass is 10.1. The van der Waals surface area contributed by atoms with E-state index in [9.17, 15) is 9.59 Å². The van der Waals surface area contributed by atoms with E-state index in [0.717, 1.165) is 0 Å². The van der Waals surface area contributed by atoms with Crippen LogP contribution in [0.2, 0.25) is 0 Å². The molecular weight excluding hydrogens is 222 g/mol. The van der Waals surface area contributed by atoms with E-state index >= 15 is 0 Å². The number of fused-ring (bicyclic) bond motifs is 1. The Morgan fingerprint density at radius 3 is 2.76 bits per heavy atom. The molecule has 88 valence electrons. The van der Waals surface area contributed by atoms with E-state index in [-0.39, 0.29) is 5.91 Å². The summed E-state index contributed by atoms with van der Waals surface area (Å²) in [4.78, 5) is 23.0. The van der Waals surface area contributed by atoms with E-state index < -0.39 is 5.97 Å². The molecule has 1 N–H and O–H groups in total. The molecule has 1 aliphatic rings. The Morgan fingerprint density at radius 1 is 1.35 bits per heavy atom. The lowest BCUT2D eigenvalue weighted by Crippen LogP contribution is -2.03. The molecule has 0 saturated heterocycles. The third-order valence-electron chi connectivity index (χ3n) is 2.46. The summed E-state index contributed by atoms with van der Waals surface area (Å²) in [7, 11) is 2.77. The lowest BCUT2D eigenvalue weighted by molar-refractivity contribution is -0.110. The van der Waals surface area contributed by atoms with Gasteiger partial charge in [-0.1, -0.05) is 0 Å². The van der Waals surface area contributed by atoms with Crippen molar-refractivity contribution in [2.24, 2.45) is 0 Å². The molecule has 17 heavy (non-hydrogen) atoms. The maximum atomic E-state index is 11.6. The topological polar surface area (TPSA) is 64.6 Å². The number of anilines is 1. The molecule has 0 fully saturated rings. The average molecular weight is 233 g/mol. The number of hydrogen-bond donors (Lipinski definition) is 1. The van der Waals surface area contributed by atoms with Gasteiger partial charge in [0.15, 0.2) is 0 Å². The third kappa shape index (κ3) is 1.87. The SMILES string of the molecule is COC=C1C(=O)Nc2ccc(C(=O)OC)cc21. The first-order valence-electron chi connectivity index (χ1n) is 4.94. The van der Waals surface area contributed by atoms with Crippen LogP contribution in [-0.2, 0) is 14.3 Å². The molecule has 1 aliphatic heterocycles. The summed E-state index contributed by atoms with van der Waals surface area (Å²) in [5.74, 6) is -0.687. The van der Waals surface area contributed by atoms with Crippen LogP contribution >= 0.6 is 0 Å². The summed E-state index contributed by atoms with van der Waals surface area (Å²) in [6.45, 7) is 0. The second-order valence-corrected chi connectivity index (χ2v) is 3.47. The average Bonchev–Trinajstić information content (AvgIpc) is 2.65. The van der Waals surface area contributed by atoms with Gasteiger partial charge in [-0.15, -0.1) is 0 Å². The summed E-state index contributed by atoms with van der Waals surface area (Å²) >= 11 is 0. The molecule has 1 heterocycles. The van der Waals surface area contributed by atoms with Crippen molar-refractivity contribution in [1.82, 2.24) is 0 Å². The summed E-state index contributed by atoms with van der Waals surface area (Å²) in [5, 5.41) is 2.68. The maximum Gasteiger partial charge on any atom is 0.337 e. The normalized spacial score (nSPS) is 15.4. The summed E-state index contributed by atoms with van der Waals surface area (Å²) < 4.78 is 9.46. The second-order valence-electron chi connectivity index (χ2n) is 3.47. The van der Waals surface area contributed by atoms with E-state index in [0.29, 0.717) is 22.4 Å². The number of benzene rings is 1. The number of rotatable bonds is 2. The third-order valence-corrected chi connectivity index (χ3v) is 2.46. The molecule has 2 rings (SSSR count). The molecule has 1 aromatic carbocycles. The summed E-state index contributed by atoms with van der Waals surface area (Å²) in [5.41, 5.74) is 2.09. The molecule has 0 atom stereocenters. The molecule has 0 bridgehead atoms. The lowest BCUT2D eigenvalue weighted by Gasteiger charge is -2.02. The molecule has 0 spiro atoms. The van der Waals surface area contributed by atoms with Crippen molar-refractivity contribution >= 4 is 23.1 Å². The molecule has 0 aromatic heterocycles. The van der Waals surface area contributed by atoms with Gasteiger partial charge < -0.3 is 14.8 Å². The monoisotopic (exact) mass is 233 g/mol. The van der Waals surface area contributed by atoms with Crippen LogP contribution in [0.4, 0.5) is 5.69 Å². The Labute approximate surface area is 98.0 Å². The number of amides is 1. The maximum absolute atomic E-state index is 11.6. The van der Waals surface area contributed by atoms with Crippen LogP contribution in [0.1, 0.15) is 15.9 Å². The minimum absolute atomic E-state index is 0.246. The molecule has 1 aromatic rings. The zero-order chi connectivity index (χ0) is 12.4. The van der Waals surface area contributed by atoms with Gasteiger partial charge in [-0.25, -0.2) is 4.79 Å².